The van der Waals surface area contributed by atoms with Crippen molar-refractivity contribution in [1.29, 1.82) is 5.26 Å². The number of ether oxygens (including phenoxy) is 1. The van der Waals surface area contributed by atoms with Gasteiger partial charge in [0.15, 0.2) is 0 Å². The van der Waals surface area contributed by atoms with Crippen LogP contribution in [0.2, 0.25) is 0 Å². The van der Waals surface area contributed by atoms with Gasteiger partial charge in [-0.25, -0.2) is 0 Å². The van der Waals surface area contributed by atoms with Crippen molar-refractivity contribution >= 4 is 11.9 Å². The first kappa shape index (κ1) is 16.2. The summed E-state index contributed by atoms with van der Waals surface area (Å²) in [5.74, 6) is 0.643. The molecule has 0 spiro atoms. The van der Waals surface area contributed by atoms with Gasteiger partial charge in [-0.1, -0.05) is 5.10 Å². The molecule has 7 nitrogen and oxygen atoms in total. The number of aromatic nitrogens is 2. The Morgan fingerprint density at radius 1 is 1.16 bits per heavy atom. The van der Waals surface area contributed by atoms with Gasteiger partial charge in [-0.2, -0.15) is 5.26 Å². The molecule has 7 heteroatoms. The first-order chi connectivity index (χ1) is 12.2. The van der Waals surface area contributed by atoms with E-state index in [9.17, 15) is 4.79 Å². The lowest BCUT2D eigenvalue weighted by Gasteiger charge is -2.02. The SMILES string of the molecule is CCOc1ccc(-c2nnc(NC(=O)c3ccc(C#N)cc3)o2)cc1. The molecule has 0 bridgehead atoms. The van der Waals surface area contributed by atoms with E-state index in [0.29, 0.717) is 17.7 Å². The fourth-order valence-electron chi connectivity index (χ4n) is 2.12. The average molecular weight is 334 g/mol. The van der Waals surface area contributed by atoms with E-state index in [1.165, 1.54) is 0 Å². The normalized spacial score (nSPS) is 10.1. The molecule has 3 aromatic rings. The van der Waals surface area contributed by atoms with Gasteiger partial charge in [0, 0.05) is 11.1 Å². The molecule has 1 N–H and O–H groups in total. The monoisotopic (exact) mass is 334 g/mol. The van der Waals surface area contributed by atoms with Gasteiger partial charge in [0.1, 0.15) is 5.75 Å². The third-order valence-corrected chi connectivity index (χ3v) is 3.33. The van der Waals surface area contributed by atoms with Crippen molar-refractivity contribution in [2.24, 2.45) is 0 Å². The predicted octanol–water partition coefficient (Wildman–Crippen LogP) is 3.26. The summed E-state index contributed by atoms with van der Waals surface area (Å²) in [6.45, 7) is 2.50. The minimum atomic E-state index is -0.397. The molecule has 1 amide bonds. The first-order valence-corrected chi connectivity index (χ1v) is 7.58. The van der Waals surface area contributed by atoms with E-state index in [1.807, 2.05) is 13.0 Å². The Bertz CT molecular complexity index is 909. The number of carbonyl (C=O) groups excluding carboxylic acids is 1. The molecular formula is C18H14N4O3. The van der Waals surface area contributed by atoms with Gasteiger partial charge in [0.05, 0.1) is 18.2 Å². The van der Waals surface area contributed by atoms with E-state index >= 15 is 0 Å². The molecule has 0 saturated heterocycles. The number of hydrogen-bond donors (Lipinski definition) is 1. The van der Waals surface area contributed by atoms with Crippen molar-refractivity contribution in [3.8, 4) is 23.3 Å². The number of nitrogens with one attached hydrogen (secondary N) is 1. The smallest absolute Gasteiger partial charge is 0.322 e. The van der Waals surface area contributed by atoms with Crippen molar-refractivity contribution < 1.29 is 13.9 Å². The van der Waals surface area contributed by atoms with Crippen LogP contribution in [0.15, 0.2) is 52.9 Å². The van der Waals surface area contributed by atoms with Crippen molar-refractivity contribution in [2.75, 3.05) is 11.9 Å². The Hall–Kier alpha value is -3.66. The number of amides is 1. The summed E-state index contributed by atoms with van der Waals surface area (Å²) in [4.78, 5) is 12.1. The largest absolute Gasteiger partial charge is 0.494 e. The molecule has 25 heavy (non-hydrogen) atoms. The van der Waals surface area contributed by atoms with Gasteiger partial charge < -0.3 is 9.15 Å². The summed E-state index contributed by atoms with van der Waals surface area (Å²) < 4.78 is 10.8. The Morgan fingerprint density at radius 3 is 2.52 bits per heavy atom. The molecule has 2 aromatic carbocycles. The highest BCUT2D eigenvalue weighted by atomic mass is 16.5. The highest BCUT2D eigenvalue weighted by Crippen LogP contribution is 2.23. The summed E-state index contributed by atoms with van der Waals surface area (Å²) in [6.07, 6.45) is 0. The quantitative estimate of drug-likeness (QED) is 0.768. The van der Waals surface area contributed by atoms with E-state index in [-0.39, 0.29) is 11.9 Å². The average Bonchev–Trinajstić information content (AvgIpc) is 3.11. The zero-order chi connectivity index (χ0) is 17.6. The van der Waals surface area contributed by atoms with E-state index in [4.69, 9.17) is 14.4 Å². The number of carbonyl (C=O) groups is 1. The molecule has 0 aliphatic heterocycles. The molecule has 0 aliphatic rings. The van der Waals surface area contributed by atoms with Crippen LogP contribution in [-0.4, -0.2) is 22.7 Å². The van der Waals surface area contributed by atoms with E-state index in [1.54, 1.807) is 48.5 Å². The second-order valence-corrected chi connectivity index (χ2v) is 5.01. The van der Waals surface area contributed by atoms with Crippen LogP contribution in [-0.2, 0) is 0 Å². The second-order valence-electron chi connectivity index (χ2n) is 5.01. The number of hydrogen-bond acceptors (Lipinski definition) is 6. The predicted molar refractivity (Wildman–Crippen MR) is 90.0 cm³/mol. The second kappa shape index (κ2) is 7.27. The van der Waals surface area contributed by atoms with Gasteiger partial charge in [-0.3, -0.25) is 10.1 Å². The van der Waals surface area contributed by atoms with Crippen LogP contribution >= 0.6 is 0 Å². The zero-order valence-electron chi connectivity index (χ0n) is 13.4. The molecule has 1 aromatic heterocycles. The van der Waals surface area contributed by atoms with E-state index in [2.05, 4.69) is 15.5 Å². The highest BCUT2D eigenvalue weighted by Gasteiger charge is 2.13. The molecule has 124 valence electrons. The minimum absolute atomic E-state index is 0.00163. The maximum atomic E-state index is 12.1. The van der Waals surface area contributed by atoms with Crippen molar-refractivity contribution in [3.05, 3.63) is 59.7 Å². The Labute approximate surface area is 143 Å². The lowest BCUT2D eigenvalue weighted by molar-refractivity contribution is 0.102. The summed E-state index contributed by atoms with van der Waals surface area (Å²) >= 11 is 0. The van der Waals surface area contributed by atoms with E-state index in [0.717, 1.165) is 11.3 Å². The Balaban J connectivity index is 1.70. The molecule has 0 radical (unpaired) electrons. The third-order valence-electron chi connectivity index (χ3n) is 3.33. The molecule has 0 fully saturated rings. The zero-order valence-corrected chi connectivity index (χ0v) is 13.4. The van der Waals surface area contributed by atoms with Crippen LogP contribution < -0.4 is 10.1 Å². The van der Waals surface area contributed by atoms with Crippen LogP contribution in [0.3, 0.4) is 0 Å². The number of benzene rings is 2. The minimum Gasteiger partial charge on any atom is -0.494 e. The fraction of sp³-hybridized carbons (Fsp3) is 0.111. The number of nitrogens with zero attached hydrogens (tertiary/aromatic N) is 3. The van der Waals surface area contributed by atoms with Crippen molar-refractivity contribution in [3.63, 3.8) is 0 Å². The van der Waals surface area contributed by atoms with Crippen LogP contribution in [0.1, 0.15) is 22.8 Å². The molecule has 3 rings (SSSR count). The number of rotatable bonds is 5. The number of nitriles is 1. The lowest BCUT2D eigenvalue weighted by Crippen LogP contribution is -2.11. The van der Waals surface area contributed by atoms with Crippen molar-refractivity contribution in [1.82, 2.24) is 10.2 Å². The van der Waals surface area contributed by atoms with Crippen LogP contribution in [0, 0.1) is 11.3 Å². The number of anilines is 1. The van der Waals surface area contributed by atoms with E-state index < -0.39 is 5.91 Å². The van der Waals surface area contributed by atoms with Crippen LogP contribution in [0.4, 0.5) is 6.01 Å². The van der Waals surface area contributed by atoms with Gasteiger partial charge >= 0.3 is 6.01 Å². The molecular weight excluding hydrogens is 320 g/mol. The first-order valence-electron chi connectivity index (χ1n) is 7.58. The maximum Gasteiger partial charge on any atom is 0.322 e. The molecule has 0 saturated carbocycles. The highest BCUT2D eigenvalue weighted by molar-refractivity contribution is 6.03. The Kier molecular flexibility index (Phi) is 4.72. The summed E-state index contributed by atoms with van der Waals surface area (Å²) in [6, 6.07) is 15.4. The van der Waals surface area contributed by atoms with Crippen LogP contribution in [0.5, 0.6) is 5.75 Å². The molecule has 0 aliphatic carbocycles. The summed E-state index contributed by atoms with van der Waals surface area (Å²) in [7, 11) is 0. The van der Waals surface area contributed by atoms with Gasteiger partial charge in [-0.05, 0) is 55.5 Å². The lowest BCUT2D eigenvalue weighted by atomic mass is 10.1. The summed E-state index contributed by atoms with van der Waals surface area (Å²) in [5.41, 5.74) is 1.58. The molecule has 1 heterocycles. The molecule has 0 atom stereocenters. The summed E-state index contributed by atoms with van der Waals surface area (Å²) in [5, 5.41) is 19.0. The van der Waals surface area contributed by atoms with Gasteiger partial charge in [0.2, 0.25) is 5.89 Å². The van der Waals surface area contributed by atoms with Crippen LogP contribution in [0.25, 0.3) is 11.5 Å². The third kappa shape index (κ3) is 3.82. The fourth-order valence-corrected chi connectivity index (χ4v) is 2.12. The van der Waals surface area contributed by atoms with Gasteiger partial charge in [0.25, 0.3) is 5.91 Å². The standard InChI is InChI=1S/C18H14N4O3/c1-2-24-15-9-7-14(8-10-15)17-21-22-18(25-17)20-16(23)13-5-3-12(11-19)4-6-13/h3-10H,2H2,1H3,(H,20,22,23). The Morgan fingerprint density at radius 2 is 1.88 bits per heavy atom. The topological polar surface area (TPSA) is 101 Å². The maximum absolute atomic E-state index is 12.1. The van der Waals surface area contributed by atoms with Gasteiger partial charge in [-0.15, -0.1) is 5.10 Å². The molecule has 0 unspecified atom stereocenters. The van der Waals surface area contributed by atoms with Crippen molar-refractivity contribution in [2.45, 2.75) is 6.92 Å².